The van der Waals surface area contributed by atoms with Crippen molar-refractivity contribution in [3.05, 3.63) is 75.1 Å². The molecule has 7 heteroatoms. The van der Waals surface area contributed by atoms with Crippen LogP contribution in [0.5, 0.6) is 5.75 Å². The van der Waals surface area contributed by atoms with Crippen LogP contribution in [-0.4, -0.2) is 36.9 Å². The van der Waals surface area contributed by atoms with E-state index < -0.39 is 5.63 Å². The van der Waals surface area contributed by atoms with Gasteiger partial charge in [-0.1, -0.05) is 12.1 Å². The molecule has 0 bridgehead atoms. The first kappa shape index (κ1) is 22.6. The lowest BCUT2D eigenvalue weighted by Gasteiger charge is -2.15. The van der Waals surface area contributed by atoms with Crippen LogP contribution in [0.25, 0.3) is 11.0 Å². The Kier molecular flexibility index (Phi) is 6.77. The minimum Gasteiger partial charge on any atom is -0.497 e. The minimum absolute atomic E-state index is 0.0612. The van der Waals surface area contributed by atoms with Crippen molar-refractivity contribution in [2.75, 3.05) is 20.2 Å². The van der Waals surface area contributed by atoms with Gasteiger partial charge in [-0.3, -0.25) is 9.59 Å². The van der Waals surface area contributed by atoms with Crippen LogP contribution in [0.1, 0.15) is 46.3 Å². The van der Waals surface area contributed by atoms with E-state index in [4.69, 9.17) is 9.15 Å². The van der Waals surface area contributed by atoms with Gasteiger partial charge in [0.2, 0.25) is 5.91 Å². The molecule has 2 heterocycles. The molecule has 1 aromatic heterocycles. The van der Waals surface area contributed by atoms with Crippen molar-refractivity contribution in [3.63, 3.8) is 0 Å². The summed E-state index contributed by atoms with van der Waals surface area (Å²) in [6.45, 7) is 3.87. The number of carbonyl (C=O) groups is 2. The first-order valence-electron chi connectivity index (χ1n) is 11.2. The molecule has 1 saturated heterocycles. The number of likely N-dealkylation sites (tertiary alicyclic amines) is 1. The van der Waals surface area contributed by atoms with Crippen LogP contribution in [0.4, 0.5) is 0 Å². The smallest absolute Gasteiger partial charge is 0.339 e. The molecule has 7 nitrogen and oxygen atoms in total. The van der Waals surface area contributed by atoms with Crippen LogP contribution in [0, 0.1) is 6.92 Å². The number of aryl methyl sites for hydroxylation is 1. The monoisotopic (exact) mass is 448 g/mol. The Labute approximate surface area is 192 Å². The van der Waals surface area contributed by atoms with Crippen molar-refractivity contribution in [3.8, 4) is 5.75 Å². The Morgan fingerprint density at radius 1 is 1.09 bits per heavy atom. The molecule has 2 amide bonds. The summed E-state index contributed by atoms with van der Waals surface area (Å²) in [7, 11) is 1.56. The average molecular weight is 449 g/mol. The number of nitrogens with zero attached hydrogens (tertiary/aromatic N) is 1. The lowest BCUT2D eigenvalue weighted by molar-refractivity contribution is -0.121. The molecule has 1 aliphatic rings. The van der Waals surface area contributed by atoms with Gasteiger partial charge in [0.05, 0.1) is 7.11 Å². The third-order valence-electron chi connectivity index (χ3n) is 6.18. The van der Waals surface area contributed by atoms with Gasteiger partial charge in [0.25, 0.3) is 5.91 Å². The molecule has 0 radical (unpaired) electrons. The summed E-state index contributed by atoms with van der Waals surface area (Å²) in [4.78, 5) is 39.1. The standard InChI is InChI=1S/C26H28N2O5/c1-17-21-10-9-20(32-2)15-23(21)33-26(31)22(17)11-12-24(29)27-16-18-5-7-19(8-6-18)25(30)28-13-3-4-14-28/h5-10,15H,3-4,11-14,16H2,1-2H3,(H,27,29). The number of carbonyl (C=O) groups excluding carboxylic acids is 2. The molecule has 0 atom stereocenters. The van der Waals surface area contributed by atoms with Crippen molar-refractivity contribution < 1.29 is 18.7 Å². The van der Waals surface area contributed by atoms with Gasteiger partial charge < -0.3 is 19.4 Å². The molecular formula is C26H28N2O5. The molecule has 3 aromatic rings. The zero-order chi connectivity index (χ0) is 23.4. The number of rotatable bonds is 7. The van der Waals surface area contributed by atoms with E-state index in [0.29, 0.717) is 35.4 Å². The molecule has 4 rings (SSSR count). The van der Waals surface area contributed by atoms with Gasteiger partial charge in [-0.2, -0.15) is 0 Å². The summed E-state index contributed by atoms with van der Waals surface area (Å²) in [6, 6.07) is 12.7. The Morgan fingerprint density at radius 3 is 2.52 bits per heavy atom. The third kappa shape index (κ3) is 5.08. The van der Waals surface area contributed by atoms with Gasteiger partial charge in [-0.05, 0) is 61.6 Å². The predicted octanol–water partition coefficient (Wildman–Crippen LogP) is 3.60. The third-order valence-corrected chi connectivity index (χ3v) is 6.18. The number of benzene rings is 2. The Balaban J connectivity index is 1.33. The SMILES string of the molecule is COc1ccc2c(C)c(CCC(=O)NCc3ccc(C(=O)N4CCCC4)cc3)c(=O)oc2c1. The van der Waals surface area contributed by atoms with Crippen molar-refractivity contribution in [1.29, 1.82) is 0 Å². The van der Waals surface area contributed by atoms with Crippen LogP contribution in [0.3, 0.4) is 0 Å². The summed E-state index contributed by atoms with van der Waals surface area (Å²) in [6.07, 6.45) is 2.60. The molecule has 33 heavy (non-hydrogen) atoms. The average Bonchev–Trinajstić information content (AvgIpc) is 3.37. The molecule has 172 valence electrons. The van der Waals surface area contributed by atoms with E-state index in [1.54, 1.807) is 25.3 Å². The maximum Gasteiger partial charge on any atom is 0.339 e. The fraction of sp³-hybridized carbons (Fsp3) is 0.346. The summed E-state index contributed by atoms with van der Waals surface area (Å²) >= 11 is 0. The summed E-state index contributed by atoms with van der Waals surface area (Å²) in [5.74, 6) is 0.526. The number of ether oxygens (including phenoxy) is 1. The molecule has 0 aliphatic carbocycles. The number of fused-ring (bicyclic) bond motifs is 1. The van der Waals surface area contributed by atoms with Crippen molar-refractivity contribution in [2.45, 2.75) is 39.2 Å². The zero-order valence-corrected chi connectivity index (χ0v) is 19.0. The fourth-order valence-corrected chi connectivity index (χ4v) is 4.19. The molecule has 0 saturated carbocycles. The highest BCUT2D eigenvalue weighted by Crippen LogP contribution is 2.24. The Hall–Kier alpha value is -3.61. The maximum absolute atomic E-state index is 12.5. The van der Waals surface area contributed by atoms with E-state index in [0.717, 1.165) is 42.4 Å². The molecule has 2 aromatic carbocycles. The molecular weight excluding hydrogens is 420 g/mol. The van der Waals surface area contributed by atoms with Crippen molar-refractivity contribution >= 4 is 22.8 Å². The second kappa shape index (κ2) is 9.90. The van der Waals surface area contributed by atoms with Gasteiger partial charge >= 0.3 is 5.63 Å². The van der Waals surface area contributed by atoms with Gasteiger partial charge in [0.15, 0.2) is 0 Å². The topological polar surface area (TPSA) is 88.9 Å². The zero-order valence-electron chi connectivity index (χ0n) is 19.0. The van der Waals surface area contributed by atoms with E-state index in [9.17, 15) is 14.4 Å². The number of methoxy groups -OCH3 is 1. The van der Waals surface area contributed by atoms with E-state index in [2.05, 4.69) is 5.32 Å². The lowest BCUT2D eigenvalue weighted by Crippen LogP contribution is -2.27. The highest BCUT2D eigenvalue weighted by Gasteiger charge is 2.19. The molecule has 0 unspecified atom stereocenters. The second-order valence-corrected chi connectivity index (χ2v) is 8.33. The van der Waals surface area contributed by atoms with Crippen LogP contribution < -0.4 is 15.7 Å². The first-order chi connectivity index (χ1) is 16.0. The minimum atomic E-state index is -0.431. The summed E-state index contributed by atoms with van der Waals surface area (Å²) < 4.78 is 10.6. The number of nitrogens with one attached hydrogen (secondary N) is 1. The van der Waals surface area contributed by atoms with Crippen LogP contribution in [0.2, 0.25) is 0 Å². The molecule has 0 spiro atoms. The van der Waals surface area contributed by atoms with Crippen LogP contribution in [0.15, 0.2) is 51.7 Å². The molecule has 1 aliphatic heterocycles. The van der Waals surface area contributed by atoms with Crippen molar-refractivity contribution in [1.82, 2.24) is 10.2 Å². The highest BCUT2D eigenvalue weighted by atomic mass is 16.5. The van der Waals surface area contributed by atoms with Gasteiger partial charge in [0.1, 0.15) is 11.3 Å². The van der Waals surface area contributed by atoms with Gasteiger partial charge in [-0.15, -0.1) is 0 Å². The largest absolute Gasteiger partial charge is 0.497 e. The number of hydrogen-bond acceptors (Lipinski definition) is 5. The molecule has 1 fully saturated rings. The van der Waals surface area contributed by atoms with Gasteiger partial charge in [-0.25, -0.2) is 4.79 Å². The normalized spacial score (nSPS) is 13.3. The van der Waals surface area contributed by atoms with Crippen LogP contribution in [-0.2, 0) is 17.8 Å². The van der Waals surface area contributed by atoms with E-state index in [1.807, 2.05) is 36.1 Å². The fourth-order valence-electron chi connectivity index (χ4n) is 4.19. The second-order valence-electron chi connectivity index (χ2n) is 8.33. The Bertz CT molecular complexity index is 1220. The maximum atomic E-state index is 12.5. The summed E-state index contributed by atoms with van der Waals surface area (Å²) in [5.41, 5.74) is 2.94. The summed E-state index contributed by atoms with van der Waals surface area (Å²) in [5, 5.41) is 3.71. The first-order valence-corrected chi connectivity index (χ1v) is 11.2. The molecule has 1 N–H and O–H groups in total. The van der Waals surface area contributed by atoms with Crippen molar-refractivity contribution in [2.24, 2.45) is 0 Å². The Morgan fingerprint density at radius 2 is 1.82 bits per heavy atom. The quantitative estimate of drug-likeness (QED) is 0.558. The highest BCUT2D eigenvalue weighted by molar-refractivity contribution is 5.94. The lowest BCUT2D eigenvalue weighted by atomic mass is 10.0. The number of hydrogen-bond donors (Lipinski definition) is 1. The van der Waals surface area contributed by atoms with Gasteiger partial charge in [0, 0.05) is 48.6 Å². The van der Waals surface area contributed by atoms with E-state index in [1.165, 1.54) is 0 Å². The predicted molar refractivity (Wildman–Crippen MR) is 126 cm³/mol. The van der Waals surface area contributed by atoms with E-state index >= 15 is 0 Å². The van der Waals surface area contributed by atoms with E-state index in [-0.39, 0.29) is 18.2 Å². The van der Waals surface area contributed by atoms with Crippen LogP contribution >= 0.6 is 0 Å². The number of amides is 2.